The molecule has 1 saturated carbocycles. The van der Waals surface area contributed by atoms with Crippen LogP contribution in [0.3, 0.4) is 0 Å². The highest BCUT2D eigenvalue weighted by Gasteiger charge is 2.17. The van der Waals surface area contributed by atoms with Gasteiger partial charge < -0.3 is 15.4 Å². The van der Waals surface area contributed by atoms with Crippen molar-refractivity contribution in [3.8, 4) is 5.75 Å². The van der Waals surface area contributed by atoms with Crippen molar-refractivity contribution in [1.82, 2.24) is 10.6 Å². The number of carbonyl (C=O) groups is 1. The van der Waals surface area contributed by atoms with E-state index in [9.17, 15) is 13.6 Å². The van der Waals surface area contributed by atoms with Gasteiger partial charge in [-0.25, -0.2) is 13.6 Å². The molecule has 2 N–H and O–H groups in total. The van der Waals surface area contributed by atoms with Crippen molar-refractivity contribution in [2.75, 3.05) is 6.61 Å². The summed E-state index contributed by atoms with van der Waals surface area (Å²) in [4.78, 5) is 11.8. The Morgan fingerprint density at radius 2 is 2.05 bits per heavy atom. The lowest BCUT2D eigenvalue weighted by molar-refractivity contribution is 0.218. The number of ether oxygens (including phenoxy) is 1. The molecule has 22 heavy (non-hydrogen) atoms. The molecule has 1 atom stereocenters. The number of benzene rings is 1. The fraction of sp³-hybridized carbons (Fsp3) is 0.562. The van der Waals surface area contributed by atoms with Crippen LogP contribution in [0.25, 0.3) is 0 Å². The van der Waals surface area contributed by atoms with Gasteiger partial charge in [-0.05, 0) is 31.9 Å². The van der Waals surface area contributed by atoms with Crippen LogP contribution in [0.4, 0.5) is 13.6 Å². The average Bonchev–Trinajstić information content (AvgIpc) is 2.47. The van der Waals surface area contributed by atoms with Crippen molar-refractivity contribution in [2.24, 2.45) is 0 Å². The van der Waals surface area contributed by atoms with Gasteiger partial charge in [0.1, 0.15) is 12.4 Å². The molecule has 1 aliphatic rings. The van der Waals surface area contributed by atoms with Gasteiger partial charge in [0.25, 0.3) is 0 Å². The number of halogens is 2. The second-order valence-electron chi connectivity index (χ2n) is 5.74. The minimum atomic E-state index is -0.751. The summed E-state index contributed by atoms with van der Waals surface area (Å²) in [6.07, 6.45) is 5.55. The Morgan fingerprint density at radius 3 is 2.73 bits per heavy atom. The van der Waals surface area contributed by atoms with Gasteiger partial charge in [-0.15, -0.1) is 0 Å². The minimum Gasteiger partial charge on any atom is -0.488 e. The fourth-order valence-corrected chi connectivity index (χ4v) is 2.55. The standard InChI is InChI=1S/C16H22F2N2O2/c1-11(10-22-15-8-7-12(17)9-14(15)18)19-16(21)20-13-5-3-2-4-6-13/h7-9,11,13H,2-6,10H2,1H3,(H2,19,20,21). The molecule has 1 aliphatic carbocycles. The largest absolute Gasteiger partial charge is 0.488 e. The first-order valence-electron chi connectivity index (χ1n) is 7.69. The third kappa shape index (κ3) is 5.16. The maximum atomic E-state index is 13.4. The van der Waals surface area contributed by atoms with Crippen molar-refractivity contribution in [1.29, 1.82) is 0 Å². The van der Waals surface area contributed by atoms with E-state index in [-0.39, 0.29) is 30.5 Å². The minimum absolute atomic E-state index is 0.0252. The van der Waals surface area contributed by atoms with Crippen molar-refractivity contribution in [3.63, 3.8) is 0 Å². The van der Waals surface area contributed by atoms with Crippen LogP contribution in [0, 0.1) is 11.6 Å². The molecule has 1 aromatic rings. The Kier molecular flexibility index (Phi) is 5.98. The first-order chi connectivity index (χ1) is 10.5. The maximum Gasteiger partial charge on any atom is 0.315 e. The Labute approximate surface area is 129 Å². The lowest BCUT2D eigenvalue weighted by Gasteiger charge is -2.24. The van der Waals surface area contributed by atoms with Crippen LogP contribution in [0.2, 0.25) is 0 Å². The molecule has 0 heterocycles. The monoisotopic (exact) mass is 312 g/mol. The van der Waals surface area contributed by atoms with E-state index in [4.69, 9.17) is 4.74 Å². The Hall–Kier alpha value is -1.85. The number of urea groups is 1. The summed E-state index contributed by atoms with van der Waals surface area (Å²) < 4.78 is 31.4. The molecule has 0 bridgehead atoms. The van der Waals surface area contributed by atoms with Gasteiger partial charge in [-0.2, -0.15) is 0 Å². The molecular formula is C16H22F2N2O2. The molecule has 0 aliphatic heterocycles. The van der Waals surface area contributed by atoms with Gasteiger partial charge in [0.05, 0.1) is 6.04 Å². The molecule has 6 heteroatoms. The molecule has 0 aromatic heterocycles. The van der Waals surface area contributed by atoms with Gasteiger partial charge in [0.15, 0.2) is 11.6 Å². The zero-order chi connectivity index (χ0) is 15.9. The second kappa shape index (κ2) is 7.96. The summed E-state index contributed by atoms with van der Waals surface area (Å²) in [5.74, 6) is -1.43. The van der Waals surface area contributed by atoms with Gasteiger partial charge in [-0.1, -0.05) is 19.3 Å². The molecule has 2 amide bonds. The number of hydrogen-bond acceptors (Lipinski definition) is 2. The molecular weight excluding hydrogens is 290 g/mol. The molecule has 122 valence electrons. The second-order valence-corrected chi connectivity index (χ2v) is 5.74. The molecule has 1 unspecified atom stereocenters. The number of nitrogens with one attached hydrogen (secondary N) is 2. The Balaban J connectivity index is 1.72. The highest BCUT2D eigenvalue weighted by atomic mass is 19.1. The summed E-state index contributed by atoms with van der Waals surface area (Å²) in [7, 11) is 0. The van der Waals surface area contributed by atoms with Crippen LogP contribution in [-0.2, 0) is 0 Å². The number of amides is 2. The molecule has 4 nitrogen and oxygen atoms in total. The third-order valence-corrected chi connectivity index (χ3v) is 3.70. The predicted octanol–water partition coefficient (Wildman–Crippen LogP) is 3.36. The van der Waals surface area contributed by atoms with Crippen LogP contribution in [0.1, 0.15) is 39.0 Å². The third-order valence-electron chi connectivity index (χ3n) is 3.70. The first-order valence-corrected chi connectivity index (χ1v) is 7.69. The zero-order valence-electron chi connectivity index (χ0n) is 12.7. The van der Waals surface area contributed by atoms with Crippen molar-refractivity contribution in [2.45, 2.75) is 51.1 Å². The summed E-state index contributed by atoms with van der Waals surface area (Å²) in [6.45, 7) is 1.88. The average molecular weight is 312 g/mol. The number of hydrogen-bond donors (Lipinski definition) is 2. The molecule has 1 aromatic carbocycles. The predicted molar refractivity (Wildman–Crippen MR) is 79.9 cm³/mol. The summed E-state index contributed by atoms with van der Waals surface area (Å²) in [6, 6.07) is 2.85. The SMILES string of the molecule is CC(COc1ccc(F)cc1F)NC(=O)NC1CCCCC1. The molecule has 0 radical (unpaired) electrons. The van der Waals surface area contributed by atoms with E-state index in [0.717, 1.165) is 37.8 Å². The van der Waals surface area contributed by atoms with E-state index in [2.05, 4.69) is 10.6 Å². The number of carbonyl (C=O) groups excluding carboxylic acids is 1. The molecule has 2 rings (SSSR count). The zero-order valence-corrected chi connectivity index (χ0v) is 12.7. The van der Waals surface area contributed by atoms with Crippen LogP contribution < -0.4 is 15.4 Å². The van der Waals surface area contributed by atoms with Crippen LogP contribution in [0.15, 0.2) is 18.2 Å². The smallest absolute Gasteiger partial charge is 0.315 e. The van der Waals surface area contributed by atoms with E-state index in [0.29, 0.717) is 0 Å². The van der Waals surface area contributed by atoms with Gasteiger partial charge in [0.2, 0.25) is 0 Å². The summed E-state index contributed by atoms with van der Waals surface area (Å²) in [5, 5.41) is 5.69. The lowest BCUT2D eigenvalue weighted by atomic mass is 9.96. The summed E-state index contributed by atoms with van der Waals surface area (Å²) >= 11 is 0. The summed E-state index contributed by atoms with van der Waals surface area (Å²) in [5.41, 5.74) is 0. The van der Waals surface area contributed by atoms with Crippen LogP contribution in [-0.4, -0.2) is 24.7 Å². The van der Waals surface area contributed by atoms with E-state index in [1.807, 2.05) is 0 Å². The Morgan fingerprint density at radius 1 is 1.32 bits per heavy atom. The van der Waals surface area contributed by atoms with E-state index in [1.165, 1.54) is 12.5 Å². The maximum absolute atomic E-state index is 13.4. The van der Waals surface area contributed by atoms with Gasteiger partial charge in [0, 0.05) is 12.1 Å². The van der Waals surface area contributed by atoms with Crippen molar-refractivity contribution >= 4 is 6.03 Å². The lowest BCUT2D eigenvalue weighted by Crippen LogP contribution is -2.47. The van der Waals surface area contributed by atoms with E-state index < -0.39 is 11.6 Å². The van der Waals surface area contributed by atoms with Crippen molar-refractivity contribution in [3.05, 3.63) is 29.8 Å². The Bertz CT molecular complexity index is 505. The quantitative estimate of drug-likeness (QED) is 0.876. The van der Waals surface area contributed by atoms with Gasteiger partial charge in [-0.3, -0.25) is 0 Å². The van der Waals surface area contributed by atoms with Gasteiger partial charge >= 0.3 is 6.03 Å². The highest BCUT2D eigenvalue weighted by molar-refractivity contribution is 5.74. The van der Waals surface area contributed by atoms with E-state index >= 15 is 0 Å². The van der Waals surface area contributed by atoms with Crippen molar-refractivity contribution < 1.29 is 18.3 Å². The fourth-order valence-electron chi connectivity index (χ4n) is 2.55. The van der Waals surface area contributed by atoms with Crippen LogP contribution >= 0.6 is 0 Å². The molecule has 0 saturated heterocycles. The molecule has 0 spiro atoms. The molecule has 1 fully saturated rings. The highest BCUT2D eigenvalue weighted by Crippen LogP contribution is 2.18. The number of rotatable bonds is 5. The van der Waals surface area contributed by atoms with Crippen LogP contribution in [0.5, 0.6) is 5.75 Å². The topological polar surface area (TPSA) is 50.4 Å². The normalized spacial score (nSPS) is 16.9. The first kappa shape index (κ1) is 16.5. The van der Waals surface area contributed by atoms with E-state index in [1.54, 1.807) is 6.92 Å².